The molecule has 1 saturated heterocycles. The molecular weight excluding hydrogens is 228 g/mol. The van der Waals surface area contributed by atoms with Gasteiger partial charge >= 0.3 is 0 Å². The minimum absolute atomic E-state index is 0.0442. The summed E-state index contributed by atoms with van der Waals surface area (Å²) in [5, 5.41) is 3.33. The van der Waals surface area contributed by atoms with E-state index in [9.17, 15) is 4.79 Å². The maximum absolute atomic E-state index is 12.0. The van der Waals surface area contributed by atoms with Crippen LogP contribution in [0.1, 0.15) is 47.0 Å². The second-order valence-electron chi connectivity index (χ2n) is 5.52. The van der Waals surface area contributed by atoms with Crippen molar-refractivity contribution in [2.24, 2.45) is 5.92 Å². The van der Waals surface area contributed by atoms with Crippen molar-refractivity contribution in [3.63, 3.8) is 0 Å². The number of rotatable bonds is 8. The third kappa shape index (κ3) is 4.58. The first-order valence-corrected chi connectivity index (χ1v) is 7.20. The molecule has 1 N–H and O–H groups in total. The van der Waals surface area contributed by atoms with Crippen molar-refractivity contribution < 1.29 is 9.53 Å². The lowest BCUT2D eigenvalue weighted by Crippen LogP contribution is -2.39. The average Bonchev–Trinajstić information content (AvgIpc) is 2.56. The van der Waals surface area contributed by atoms with Gasteiger partial charge in [0.15, 0.2) is 0 Å². The number of nitrogens with zero attached hydrogens (tertiary/aromatic N) is 1. The van der Waals surface area contributed by atoms with Crippen molar-refractivity contribution in [3.05, 3.63) is 0 Å². The minimum atomic E-state index is -0.0442. The number of carbonyl (C=O) groups is 1. The van der Waals surface area contributed by atoms with E-state index < -0.39 is 0 Å². The van der Waals surface area contributed by atoms with E-state index in [-0.39, 0.29) is 18.1 Å². The molecule has 1 amide bonds. The smallest absolute Gasteiger partial charge is 0.240 e. The number of nitrogens with one attached hydrogen (secondary N) is 1. The van der Waals surface area contributed by atoms with E-state index in [4.69, 9.17) is 4.74 Å². The fraction of sp³-hybridized carbons (Fsp3) is 0.929. The van der Waals surface area contributed by atoms with Crippen LogP contribution < -0.4 is 5.32 Å². The maximum Gasteiger partial charge on any atom is 0.240 e. The first kappa shape index (κ1) is 15.4. The zero-order valence-corrected chi connectivity index (χ0v) is 12.2. The third-order valence-corrected chi connectivity index (χ3v) is 3.35. The molecule has 2 atom stereocenters. The SMILES string of the molecule is CCCC1NC(C)C(=O)N1CCOCCC(C)C. The van der Waals surface area contributed by atoms with E-state index in [1.54, 1.807) is 0 Å². The highest BCUT2D eigenvalue weighted by atomic mass is 16.5. The van der Waals surface area contributed by atoms with Gasteiger partial charge in [-0.2, -0.15) is 0 Å². The van der Waals surface area contributed by atoms with E-state index in [2.05, 4.69) is 26.1 Å². The van der Waals surface area contributed by atoms with Gasteiger partial charge in [0.1, 0.15) is 0 Å². The summed E-state index contributed by atoms with van der Waals surface area (Å²) in [6.07, 6.45) is 3.39. The van der Waals surface area contributed by atoms with Crippen molar-refractivity contribution in [2.45, 2.75) is 59.2 Å². The Balaban J connectivity index is 2.27. The molecule has 1 heterocycles. The van der Waals surface area contributed by atoms with Crippen LogP contribution in [0.5, 0.6) is 0 Å². The molecule has 1 aliphatic rings. The molecule has 1 fully saturated rings. The molecule has 1 aliphatic heterocycles. The van der Waals surface area contributed by atoms with Gasteiger partial charge in [-0.25, -0.2) is 0 Å². The van der Waals surface area contributed by atoms with Gasteiger partial charge in [-0.15, -0.1) is 0 Å². The Bertz CT molecular complexity index is 256. The molecule has 0 aromatic rings. The van der Waals surface area contributed by atoms with Gasteiger partial charge in [-0.05, 0) is 25.7 Å². The molecule has 1 rings (SSSR count). The fourth-order valence-corrected chi connectivity index (χ4v) is 2.21. The van der Waals surface area contributed by atoms with Gasteiger partial charge < -0.3 is 9.64 Å². The van der Waals surface area contributed by atoms with Crippen LogP contribution in [-0.2, 0) is 9.53 Å². The number of hydrogen-bond donors (Lipinski definition) is 1. The summed E-state index contributed by atoms with van der Waals surface area (Å²) in [5.74, 6) is 0.883. The predicted octanol–water partition coefficient (Wildman–Crippen LogP) is 2.00. The molecule has 0 bridgehead atoms. The quantitative estimate of drug-likeness (QED) is 0.675. The minimum Gasteiger partial charge on any atom is -0.380 e. The second-order valence-corrected chi connectivity index (χ2v) is 5.52. The highest BCUT2D eigenvalue weighted by molar-refractivity contribution is 5.83. The largest absolute Gasteiger partial charge is 0.380 e. The summed E-state index contributed by atoms with van der Waals surface area (Å²) in [5.41, 5.74) is 0. The van der Waals surface area contributed by atoms with Crippen LogP contribution in [0.25, 0.3) is 0 Å². The third-order valence-electron chi connectivity index (χ3n) is 3.35. The zero-order chi connectivity index (χ0) is 13.5. The van der Waals surface area contributed by atoms with Crippen LogP contribution >= 0.6 is 0 Å². The Morgan fingerprint density at radius 2 is 2.11 bits per heavy atom. The fourth-order valence-electron chi connectivity index (χ4n) is 2.21. The van der Waals surface area contributed by atoms with Gasteiger partial charge in [0, 0.05) is 13.2 Å². The highest BCUT2D eigenvalue weighted by Crippen LogP contribution is 2.14. The Morgan fingerprint density at radius 3 is 2.72 bits per heavy atom. The van der Waals surface area contributed by atoms with Crippen LogP contribution in [0.4, 0.5) is 0 Å². The van der Waals surface area contributed by atoms with Crippen LogP contribution in [0.3, 0.4) is 0 Å². The lowest BCUT2D eigenvalue weighted by atomic mass is 10.1. The molecule has 2 unspecified atom stereocenters. The second kappa shape index (κ2) is 7.74. The lowest BCUT2D eigenvalue weighted by Gasteiger charge is -2.23. The molecule has 4 nitrogen and oxygen atoms in total. The van der Waals surface area contributed by atoms with Crippen LogP contribution in [0.2, 0.25) is 0 Å². The molecule has 0 aromatic heterocycles. The van der Waals surface area contributed by atoms with E-state index in [0.717, 1.165) is 25.9 Å². The molecule has 0 aromatic carbocycles. The number of ether oxygens (including phenoxy) is 1. The maximum atomic E-state index is 12.0. The Labute approximate surface area is 111 Å². The summed E-state index contributed by atoms with van der Waals surface area (Å²) < 4.78 is 5.59. The van der Waals surface area contributed by atoms with Crippen molar-refractivity contribution >= 4 is 5.91 Å². The average molecular weight is 256 g/mol. The molecule has 0 saturated carbocycles. The van der Waals surface area contributed by atoms with Crippen molar-refractivity contribution in [2.75, 3.05) is 19.8 Å². The molecule has 106 valence electrons. The van der Waals surface area contributed by atoms with Crippen molar-refractivity contribution in [3.8, 4) is 0 Å². The van der Waals surface area contributed by atoms with Crippen molar-refractivity contribution in [1.82, 2.24) is 10.2 Å². The summed E-state index contributed by atoms with van der Waals surface area (Å²) >= 11 is 0. The van der Waals surface area contributed by atoms with Crippen LogP contribution in [0, 0.1) is 5.92 Å². The van der Waals surface area contributed by atoms with E-state index in [1.165, 1.54) is 0 Å². The van der Waals surface area contributed by atoms with Crippen molar-refractivity contribution in [1.29, 1.82) is 0 Å². The predicted molar refractivity (Wildman–Crippen MR) is 73.3 cm³/mol. The molecule has 18 heavy (non-hydrogen) atoms. The number of carbonyl (C=O) groups excluding carboxylic acids is 1. The van der Waals surface area contributed by atoms with Gasteiger partial charge in [-0.1, -0.05) is 27.2 Å². The first-order chi connectivity index (χ1) is 8.56. The highest BCUT2D eigenvalue weighted by Gasteiger charge is 2.34. The van der Waals surface area contributed by atoms with Gasteiger partial charge in [0.05, 0.1) is 18.8 Å². The lowest BCUT2D eigenvalue weighted by molar-refractivity contribution is -0.130. The normalized spacial score (nSPS) is 24.3. The zero-order valence-electron chi connectivity index (χ0n) is 12.2. The monoisotopic (exact) mass is 256 g/mol. The van der Waals surface area contributed by atoms with Gasteiger partial charge in [0.2, 0.25) is 5.91 Å². The van der Waals surface area contributed by atoms with E-state index in [0.29, 0.717) is 19.1 Å². The van der Waals surface area contributed by atoms with E-state index >= 15 is 0 Å². The topological polar surface area (TPSA) is 41.6 Å². The first-order valence-electron chi connectivity index (χ1n) is 7.20. The summed E-state index contributed by atoms with van der Waals surface area (Å²) in [6, 6.07) is -0.0442. The molecule has 0 radical (unpaired) electrons. The summed E-state index contributed by atoms with van der Waals surface area (Å²) in [6.45, 7) is 10.6. The molecule has 0 spiro atoms. The summed E-state index contributed by atoms with van der Waals surface area (Å²) in [4.78, 5) is 13.9. The van der Waals surface area contributed by atoms with E-state index in [1.807, 2.05) is 11.8 Å². The standard InChI is InChI=1S/C14H28N2O2/c1-5-6-13-15-12(4)14(17)16(13)8-10-18-9-7-11(2)3/h11-13,15H,5-10H2,1-4H3. The molecule has 4 heteroatoms. The Hall–Kier alpha value is -0.610. The van der Waals surface area contributed by atoms with Gasteiger partial charge in [-0.3, -0.25) is 10.1 Å². The molecule has 0 aliphatic carbocycles. The van der Waals surface area contributed by atoms with Crippen LogP contribution in [0.15, 0.2) is 0 Å². The number of amides is 1. The Kier molecular flexibility index (Phi) is 6.65. The number of hydrogen-bond acceptors (Lipinski definition) is 3. The van der Waals surface area contributed by atoms with Gasteiger partial charge in [0.25, 0.3) is 0 Å². The summed E-state index contributed by atoms with van der Waals surface area (Å²) in [7, 11) is 0. The molecular formula is C14H28N2O2. The van der Waals surface area contributed by atoms with Crippen LogP contribution in [-0.4, -0.2) is 42.8 Å². The Morgan fingerprint density at radius 1 is 1.39 bits per heavy atom.